The highest BCUT2D eigenvalue weighted by Gasteiger charge is 2.23. The predicted octanol–water partition coefficient (Wildman–Crippen LogP) is 7.15. The Hall–Kier alpha value is -1.25. The van der Waals surface area contributed by atoms with Crippen LogP contribution in [0.25, 0.3) is 0 Å². The maximum Gasteiger partial charge on any atom is 0.472 e. The standard InChI is InChI=1S/C30H58NO8P/c1-3-5-6-7-8-9-10-11-12-13-14-15-16-17-18-19-20-21-23-30(34)37-26-28(32)27-39-40(35,36)38-25-24-31-29(33)22-4-2/h12-13,28,32H,3-11,14-27H2,1-2H3,(H,31,33)(H,35,36)/b13-12-. The van der Waals surface area contributed by atoms with E-state index in [1.54, 1.807) is 0 Å². The Morgan fingerprint density at radius 1 is 0.750 bits per heavy atom. The normalized spacial score (nSPS) is 13.8. The highest BCUT2D eigenvalue weighted by Crippen LogP contribution is 2.42. The molecule has 0 rings (SSSR count). The molecule has 0 aliphatic heterocycles. The highest BCUT2D eigenvalue weighted by atomic mass is 31.2. The van der Waals surface area contributed by atoms with E-state index in [1.807, 2.05) is 6.92 Å². The number of rotatable bonds is 29. The molecule has 10 heteroatoms. The number of carbonyl (C=O) groups is 2. The summed E-state index contributed by atoms with van der Waals surface area (Å²) in [5.74, 6) is -0.575. The van der Waals surface area contributed by atoms with E-state index in [9.17, 15) is 24.2 Å². The molecule has 0 fully saturated rings. The van der Waals surface area contributed by atoms with Gasteiger partial charge in [-0.05, 0) is 38.5 Å². The number of hydrogen-bond acceptors (Lipinski definition) is 7. The lowest BCUT2D eigenvalue weighted by molar-refractivity contribution is -0.147. The van der Waals surface area contributed by atoms with Gasteiger partial charge < -0.3 is 20.1 Å². The van der Waals surface area contributed by atoms with Gasteiger partial charge in [0.05, 0.1) is 13.2 Å². The molecule has 0 aliphatic carbocycles. The minimum absolute atomic E-state index is 0.0734. The van der Waals surface area contributed by atoms with E-state index >= 15 is 0 Å². The van der Waals surface area contributed by atoms with Crippen LogP contribution in [-0.2, 0) is 27.9 Å². The first kappa shape index (κ1) is 38.8. The molecule has 0 bridgehead atoms. The summed E-state index contributed by atoms with van der Waals surface area (Å²) < 4.78 is 26.3. The van der Waals surface area contributed by atoms with Crippen LogP contribution >= 0.6 is 7.82 Å². The van der Waals surface area contributed by atoms with Crippen LogP contribution < -0.4 is 5.32 Å². The van der Waals surface area contributed by atoms with Gasteiger partial charge >= 0.3 is 13.8 Å². The van der Waals surface area contributed by atoms with Gasteiger partial charge in [-0.25, -0.2) is 4.57 Å². The summed E-state index contributed by atoms with van der Waals surface area (Å²) in [7, 11) is -4.37. The smallest absolute Gasteiger partial charge is 0.463 e. The number of esters is 1. The van der Waals surface area contributed by atoms with Gasteiger partial charge in [-0.2, -0.15) is 0 Å². The van der Waals surface area contributed by atoms with Crippen molar-refractivity contribution in [1.29, 1.82) is 0 Å². The number of amides is 1. The number of allylic oxidation sites excluding steroid dienone is 2. The lowest BCUT2D eigenvalue weighted by Crippen LogP contribution is -2.27. The molecular formula is C30H58NO8P. The van der Waals surface area contributed by atoms with Crippen molar-refractivity contribution in [2.75, 3.05) is 26.4 Å². The number of nitrogens with one attached hydrogen (secondary N) is 1. The van der Waals surface area contributed by atoms with E-state index in [4.69, 9.17) is 13.8 Å². The van der Waals surface area contributed by atoms with Crippen molar-refractivity contribution in [2.24, 2.45) is 0 Å². The second-order valence-corrected chi connectivity index (χ2v) is 11.9. The van der Waals surface area contributed by atoms with Gasteiger partial charge in [0.2, 0.25) is 5.91 Å². The topological polar surface area (TPSA) is 131 Å². The van der Waals surface area contributed by atoms with Crippen molar-refractivity contribution in [3.63, 3.8) is 0 Å². The molecule has 0 aromatic heterocycles. The second kappa shape index (κ2) is 27.9. The van der Waals surface area contributed by atoms with E-state index < -0.39 is 26.5 Å². The Morgan fingerprint density at radius 2 is 1.30 bits per heavy atom. The molecule has 2 unspecified atom stereocenters. The van der Waals surface area contributed by atoms with Crippen LogP contribution in [0.1, 0.15) is 136 Å². The van der Waals surface area contributed by atoms with Crippen molar-refractivity contribution in [2.45, 2.75) is 142 Å². The summed E-state index contributed by atoms with van der Waals surface area (Å²) in [5.41, 5.74) is 0. The molecule has 0 aromatic carbocycles. The molecule has 0 heterocycles. The Kier molecular flexibility index (Phi) is 27.0. The Bertz CT molecular complexity index is 689. The number of unbranched alkanes of at least 4 members (excludes halogenated alkanes) is 14. The van der Waals surface area contributed by atoms with Crippen LogP contribution in [-0.4, -0.2) is 54.3 Å². The molecular weight excluding hydrogens is 533 g/mol. The molecule has 0 spiro atoms. The van der Waals surface area contributed by atoms with Crippen LogP contribution in [0.3, 0.4) is 0 Å². The summed E-state index contributed by atoms with van der Waals surface area (Å²) in [6.45, 7) is 3.16. The molecule has 9 nitrogen and oxygen atoms in total. The summed E-state index contributed by atoms with van der Waals surface area (Å²) >= 11 is 0. The number of ether oxygens (including phenoxy) is 1. The van der Waals surface area contributed by atoms with Crippen molar-refractivity contribution >= 4 is 19.7 Å². The predicted molar refractivity (Wildman–Crippen MR) is 160 cm³/mol. The summed E-state index contributed by atoms with van der Waals surface area (Å²) in [6, 6.07) is 0. The van der Waals surface area contributed by atoms with Crippen LogP contribution in [0.2, 0.25) is 0 Å². The van der Waals surface area contributed by atoms with Crippen LogP contribution in [0.15, 0.2) is 12.2 Å². The number of aliphatic hydroxyl groups is 1. The van der Waals surface area contributed by atoms with Crippen molar-refractivity contribution < 1.29 is 37.9 Å². The average molecular weight is 592 g/mol. The minimum Gasteiger partial charge on any atom is -0.463 e. The molecule has 0 saturated carbocycles. The highest BCUT2D eigenvalue weighted by molar-refractivity contribution is 7.47. The number of phosphoric ester groups is 1. The van der Waals surface area contributed by atoms with E-state index in [2.05, 4.69) is 24.4 Å². The minimum atomic E-state index is -4.37. The van der Waals surface area contributed by atoms with Gasteiger partial charge in [0.1, 0.15) is 12.7 Å². The fourth-order valence-electron chi connectivity index (χ4n) is 4.06. The van der Waals surface area contributed by atoms with Gasteiger partial charge in [-0.3, -0.25) is 18.6 Å². The van der Waals surface area contributed by atoms with Crippen LogP contribution in [0.4, 0.5) is 0 Å². The monoisotopic (exact) mass is 591 g/mol. The fourth-order valence-corrected chi connectivity index (χ4v) is 4.82. The van der Waals surface area contributed by atoms with Gasteiger partial charge in [0.15, 0.2) is 0 Å². The zero-order chi connectivity index (χ0) is 29.7. The molecule has 0 radical (unpaired) electrons. The zero-order valence-corrected chi connectivity index (χ0v) is 26.2. The number of carbonyl (C=O) groups excluding carboxylic acids is 2. The van der Waals surface area contributed by atoms with Crippen molar-refractivity contribution in [3.05, 3.63) is 12.2 Å². The molecule has 2 atom stereocenters. The second-order valence-electron chi connectivity index (χ2n) is 10.4. The first-order valence-corrected chi connectivity index (χ1v) is 17.2. The maximum absolute atomic E-state index is 11.9. The zero-order valence-electron chi connectivity index (χ0n) is 25.3. The third-order valence-electron chi connectivity index (χ3n) is 6.42. The van der Waals surface area contributed by atoms with Gasteiger partial charge in [0.25, 0.3) is 0 Å². The van der Waals surface area contributed by atoms with E-state index in [0.717, 1.165) is 19.3 Å². The molecule has 1 amide bonds. The number of phosphoric acid groups is 1. The van der Waals surface area contributed by atoms with Crippen LogP contribution in [0.5, 0.6) is 0 Å². The van der Waals surface area contributed by atoms with Crippen molar-refractivity contribution in [3.8, 4) is 0 Å². The molecule has 3 N–H and O–H groups in total. The average Bonchev–Trinajstić information content (AvgIpc) is 2.92. The van der Waals surface area contributed by atoms with E-state index in [0.29, 0.717) is 12.8 Å². The molecule has 40 heavy (non-hydrogen) atoms. The van der Waals surface area contributed by atoms with Gasteiger partial charge in [0, 0.05) is 19.4 Å². The third-order valence-corrected chi connectivity index (χ3v) is 7.40. The lowest BCUT2D eigenvalue weighted by Gasteiger charge is -2.15. The van der Waals surface area contributed by atoms with Crippen molar-refractivity contribution in [1.82, 2.24) is 5.32 Å². The van der Waals surface area contributed by atoms with Gasteiger partial charge in [-0.15, -0.1) is 0 Å². The molecule has 0 saturated heterocycles. The first-order valence-electron chi connectivity index (χ1n) is 15.7. The lowest BCUT2D eigenvalue weighted by atomic mass is 10.1. The Balaban J connectivity index is 3.54. The Labute approximate surface area is 243 Å². The molecule has 236 valence electrons. The first-order chi connectivity index (χ1) is 19.3. The SMILES string of the molecule is CCCCCCCCC/C=C\CCCCCCCCCC(=O)OCC(O)COP(=O)(O)OCCNC(=O)CCC. The molecule has 0 aliphatic rings. The maximum atomic E-state index is 11.9. The summed E-state index contributed by atoms with van der Waals surface area (Å²) in [4.78, 5) is 32.8. The largest absolute Gasteiger partial charge is 0.472 e. The number of aliphatic hydroxyl groups excluding tert-OH is 1. The third kappa shape index (κ3) is 28.3. The van der Waals surface area contributed by atoms with E-state index in [-0.39, 0.29) is 32.1 Å². The summed E-state index contributed by atoms with van der Waals surface area (Å²) in [6.07, 6.45) is 24.3. The van der Waals surface area contributed by atoms with Gasteiger partial charge in [-0.1, -0.05) is 96.6 Å². The van der Waals surface area contributed by atoms with Crippen LogP contribution in [0, 0.1) is 0 Å². The molecule has 0 aromatic rings. The fraction of sp³-hybridized carbons (Fsp3) is 0.867. The van der Waals surface area contributed by atoms with E-state index in [1.165, 1.54) is 83.5 Å². The Morgan fingerprint density at radius 3 is 1.88 bits per heavy atom. The quantitative estimate of drug-likeness (QED) is 0.0362. The summed E-state index contributed by atoms with van der Waals surface area (Å²) in [5, 5.41) is 12.4. The number of hydrogen-bond donors (Lipinski definition) is 3.